The van der Waals surface area contributed by atoms with Gasteiger partial charge in [0.15, 0.2) is 0 Å². The number of hydrogen-bond donors (Lipinski definition) is 2. The summed E-state index contributed by atoms with van der Waals surface area (Å²) in [5, 5.41) is 6.63. The van der Waals surface area contributed by atoms with E-state index in [1.807, 2.05) is 12.1 Å². The zero-order valence-corrected chi connectivity index (χ0v) is 13.6. The van der Waals surface area contributed by atoms with Gasteiger partial charge in [-0.05, 0) is 43.9 Å². The van der Waals surface area contributed by atoms with Crippen molar-refractivity contribution in [2.24, 2.45) is 0 Å². The molecule has 122 valence electrons. The summed E-state index contributed by atoms with van der Waals surface area (Å²) in [4.78, 5) is 9.17. The molecule has 2 aromatic rings. The van der Waals surface area contributed by atoms with Crippen LogP contribution in [0.4, 0.5) is 16.2 Å². The lowest BCUT2D eigenvalue weighted by Crippen LogP contribution is -2.17. The van der Waals surface area contributed by atoms with E-state index in [9.17, 15) is 4.39 Å². The molecule has 1 aromatic carbocycles. The highest BCUT2D eigenvalue weighted by Gasteiger charge is 2.26. The number of rotatable bonds is 7. The van der Waals surface area contributed by atoms with Crippen LogP contribution in [0.15, 0.2) is 30.3 Å². The molecule has 0 aliphatic heterocycles. The smallest absolute Gasteiger partial charge is 0.225 e. The standard InChI is InChI=1S/C18H23FN4/c1-3-12(2)21-18-22-16(14-7-8-14)10-17(23-18)20-11-13-5-4-6-15(19)9-13/h4-6,9-10,12,14H,3,7-8,11H2,1-2H3,(H2,20,21,22,23)/t12-/m1/s1. The third kappa shape index (κ3) is 4.41. The minimum atomic E-state index is -0.218. The number of aromatic nitrogens is 2. The Kier molecular flexibility index (Phi) is 4.74. The van der Waals surface area contributed by atoms with Gasteiger partial charge < -0.3 is 10.6 Å². The lowest BCUT2D eigenvalue weighted by Gasteiger charge is -2.14. The van der Waals surface area contributed by atoms with E-state index in [0.29, 0.717) is 24.5 Å². The molecule has 1 heterocycles. The van der Waals surface area contributed by atoms with Crippen molar-refractivity contribution in [3.05, 3.63) is 47.4 Å². The Morgan fingerprint density at radius 1 is 1.26 bits per heavy atom. The third-order valence-electron chi connectivity index (χ3n) is 4.09. The molecule has 1 aromatic heterocycles. The molecule has 1 aliphatic rings. The number of nitrogens with one attached hydrogen (secondary N) is 2. The maximum absolute atomic E-state index is 13.3. The van der Waals surface area contributed by atoms with Crippen molar-refractivity contribution in [1.29, 1.82) is 0 Å². The van der Waals surface area contributed by atoms with Crippen molar-refractivity contribution in [2.75, 3.05) is 10.6 Å². The molecule has 1 saturated carbocycles. The summed E-state index contributed by atoms with van der Waals surface area (Å²) in [5.41, 5.74) is 1.99. The molecule has 1 atom stereocenters. The molecule has 3 rings (SSSR count). The fourth-order valence-corrected chi connectivity index (χ4v) is 2.37. The van der Waals surface area contributed by atoms with Crippen molar-refractivity contribution in [3.63, 3.8) is 0 Å². The van der Waals surface area contributed by atoms with Crippen molar-refractivity contribution >= 4 is 11.8 Å². The Labute approximate surface area is 136 Å². The highest BCUT2D eigenvalue weighted by Crippen LogP contribution is 2.39. The fraction of sp³-hybridized carbons (Fsp3) is 0.444. The summed E-state index contributed by atoms with van der Waals surface area (Å²) in [6, 6.07) is 8.95. The molecular formula is C18H23FN4. The van der Waals surface area contributed by atoms with Gasteiger partial charge in [0.2, 0.25) is 5.95 Å². The SMILES string of the molecule is CC[C@@H](C)Nc1nc(NCc2cccc(F)c2)cc(C2CC2)n1. The monoisotopic (exact) mass is 314 g/mol. The predicted octanol–water partition coefficient (Wildman–Crippen LogP) is 4.32. The van der Waals surface area contributed by atoms with E-state index in [0.717, 1.165) is 23.5 Å². The quantitative estimate of drug-likeness (QED) is 0.799. The van der Waals surface area contributed by atoms with Crippen LogP contribution >= 0.6 is 0 Å². The molecule has 1 aliphatic carbocycles. The van der Waals surface area contributed by atoms with Gasteiger partial charge in [0.1, 0.15) is 11.6 Å². The summed E-state index contributed by atoms with van der Waals surface area (Å²) in [6.07, 6.45) is 3.41. The Morgan fingerprint density at radius 3 is 2.78 bits per heavy atom. The number of hydrogen-bond acceptors (Lipinski definition) is 4. The lowest BCUT2D eigenvalue weighted by molar-refractivity contribution is 0.626. The molecule has 0 saturated heterocycles. The van der Waals surface area contributed by atoms with E-state index in [1.54, 1.807) is 6.07 Å². The molecule has 2 N–H and O–H groups in total. The maximum atomic E-state index is 13.3. The van der Waals surface area contributed by atoms with Crippen LogP contribution in [0.1, 0.15) is 50.3 Å². The fourth-order valence-electron chi connectivity index (χ4n) is 2.37. The molecule has 0 radical (unpaired) electrons. The molecule has 5 heteroatoms. The Morgan fingerprint density at radius 2 is 2.09 bits per heavy atom. The van der Waals surface area contributed by atoms with Crippen molar-refractivity contribution < 1.29 is 4.39 Å². The zero-order valence-electron chi connectivity index (χ0n) is 13.6. The van der Waals surface area contributed by atoms with E-state index in [2.05, 4.69) is 34.4 Å². The molecule has 0 amide bonds. The average molecular weight is 314 g/mol. The van der Waals surface area contributed by atoms with Gasteiger partial charge in [-0.3, -0.25) is 0 Å². The minimum absolute atomic E-state index is 0.218. The van der Waals surface area contributed by atoms with Crippen LogP contribution in [0.2, 0.25) is 0 Å². The summed E-state index contributed by atoms with van der Waals surface area (Å²) in [5.74, 6) is 1.80. The topological polar surface area (TPSA) is 49.8 Å². The highest BCUT2D eigenvalue weighted by molar-refractivity contribution is 5.45. The van der Waals surface area contributed by atoms with Crippen LogP contribution in [0.25, 0.3) is 0 Å². The van der Waals surface area contributed by atoms with Gasteiger partial charge >= 0.3 is 0 Å². The summed E-state index contributed by atoms with van der Waals surface area (Å²) < 4.78 is 13.3. The van der Waals surface area contributed by atoms with Crippen LogP contribution in [0.3, 0.4) is 0 Å². The van der Waals surface area contributed by atoms with Crippen molar-refractivity contribution in [3.8, 4) is 0 Å². The Hall–Kier alpha value is -2.17. The maximum Gasteiger partial charge on any atom is 0.225 e. The van der Waals surface area contributed by atoms with E-state index in [-0.39, 0.29) is 5.82 Å². The van der Waals surface area contributed by atoms with Gasteiger partial charge in [-0.15, -0.1) is 0 Å². The highest BCUT2D eigenvalue weighted by atomic mass is 19.1. The van der Waals surface area contributed by atoms with E-state index in [4.69, 9.17) is 0 Å². The van der Waals surface area contributed by atoms with Gasteiger partial charge in [-0.25, -0.2) is 9.37 Å². The second kappa shape index (κ2) is 6.94. The normalized spacial score (nSPS) is 15.3. The molecule has 0 spiro atoms. The second-order valence-electron chi connectivity index (χ2n) is 6.21. The van der Waals surface area contributed by atoms with Crippen LogP contribution in [0.5, 0.6) is 0 Å². The van der Waals surface area contributed by atoms with Crippen LogP contribution in [-0.4, -0.2) is 16.0 Å². The van der Waals surface area contributed by atoms with E-state index >= 15 is 0 Å². The van der Waals surface area contributed by atoms with E-state index < -0.39 is 0 Å². The summed E-state index contributed by atoms with van der Waals surface area (Å²) in [6.45, 7) is 4.79. The van der Waals surface area contributed by atoms with E-state index in [1.165, 1.54) is 25.0 Å². The second-order valence-corrected chi connectivity index (χ2v) is 6.21. The first-order valence-electron chi connectivity index (χ1n) is 8.28. The Balaban J connectivity index is 1.74. The molecule has 0 unspecified atom stereocenters. The van der Waals surface area contributed by atoms with Gasteiger partial charge in [0.05, 0.1) is 5.69 Å². The minimum Gasteiger partial charge on any atom is -0.366 e. The number of anilines is 2. The van der Waals surface area contributed by atoms with Crippen LogP contribution in [0, 0.1) is 5.82 Å². The first kappa shape index (κ1) is 15.7. The molecular weight excluding hydrogens is 291 g/mol. The molecule has 1 fully saturated rings. The van der Waals surface area contributed by atoms with Gasteiger partial charge in [-0.2, -0.15) is 4.98 Å². The van der Waals surface area contributed by atoms with Crippen LogP contribution in [-0.2, 0) is 6.54 Å². The first-order chi connectivity index (χ1) is 11.1. The van der Waals surface area contributed by atoms with Crippen LogP contribution < -0.4 is 10.6 Å². The number of nitrogens with zero attached hydrogens (tertiary/aromatic N) is 2. The first-order valence-corrected chi connectivity index (χ1v) is 8.28. The molecule has 4 nitrogen and oxygen atoms in total. The third-order valence-corrected chi connectivity index (χ3v) is 4.09. The van der Waals surface area contributed by atoms with Crippen molar-refractivity contribution in [1.82, 2.24) is 9.97 Å². The van der Waals surface area contributed by atoms with Crippen molar-refractivity contribution in [2.45, 2.75) is 51.6 Å². The number of benzene rings is 1. The van der Waals surface area contributed by atoms with Gasteiger partial charge in [0, 0.05) is 24.6 Å². The predicted molar refractivity (Wildman–Crippen MR) is 91.1 cm³/mol. The zero-order chi connectivity index (χ0) is 16.2. The van der Waals surface area contributed by atoms with Gasteiger partial charge in [0.25, 0.3) is 0 Å². The summed E-state index contributed by atoms with van der Waals surface area (Å²) in [7, 11) is 0. The average Bonchev–Trinajstić information content (AvgIpc) is 3.37. The largest absolute Gasteiger partial charge is 0.366 e. The Bertz CT molecular complexity index is 670. The lowest BCUT2D eigenvalue weighted by atomic mass is 10.2. The number of halogens is 1. The summed E-state index contributed by atoms with van der Waals surface area (Å²) >= 11 is 0. The molecule has 23 heavy (non-hydrogen) atoms. The van der Waals surface area contributed by atoms with Gasteiger partial charge in [-0.1, -0.05) is 19.1 Å². The molecule has 0 bridgehead atoms.